The van der Waals surface area contributed by atoms with E-state index < -0.39 is 24.3 Å². The highest BCUT2D eigenvalue weighted by Crippen LogP contribution is 2.42. The number of ether oxygens (including phenoxy) is 2. The number of aliphatic carboxylic acids is 1. The minimum Gasteiger partial charge on any atom is -0.481 e. The number of nitrogens with two attached hydrogens (primary N) is 1. The second kappa shape index (κ2) is 12.1. The van der Waals surface area contributed by atoms with Crippen molar-refractivity contribution in [3.63, 3.8) is 0 Å². The highest BCUT2D eigenvalue weighted by molar-refractivity contribution is 5.74. The van der Waals surface area contributed by atoms with Crippen LogP contribution >= 0.6 is 0 Å². The summed E-state index contributed by atoms with van der Waals surface area (Å²) in [6, 6.07) is 10.4. The molecular weight excluding hydrogens is 605 g/mol. The molecule has 2 aliphatic rings. The molecule has 3 aromatic heterocycles. The third kappa shape index (κ3) is 6.40. The lowest BCUT2D eigenvalue weighted by Crippen LogP contribution is -2.41. The first-order chi connectivity index (χ1) is 21.9. The molecule has 46 heavy (non-hydrogen) atoms. The van der Waals surface area contributed by atoms with Crippen LogP contribution in [0.5, 0.6) is 11.8 Å². The van der Waals surface area contributed by atoms with Crippen molar-refractivity contribution in [1.29, 1.82) is 0 Å². The van der Waals surface area contributed by atoms with E-state index in [0.29, 0.717) is 67.4 Å². The molecule has 1 unspecified atom stereocenters. The van der Waals surface area contributed by atoms with Gasteiger partial charge in [0.25, 0.3) is 0 Å². The first-order valence-corrected chi connectivity index (χ1v) is 14.7. The molecule has 2 fully saturated rings. The monoisotopic (exact) mass is 638 g/mol. The number of methoxy groups -OCH3 is 1. The second-order valence-corrected chi connectivity index (χ2v) is 11.7. The Morgan fingerprint density at radius 3 is 2.48 bits per heavy atom. The van der Waals surface area contributed by atoms with E-state index in [9.17, 15) is 23.1 Å². The first kappa shape index (κ1) is 31.1. The Hall–Kier alpha value is -4.92. The highest BCUT2D eigenvalue weighted by Gasteiger charge is 2.46. The number of carbonyl (C=O) groups is 1. The molecule has 0 radical (unpaired) electrons. The zero-order chi connectivity index (χ0) is 32.6. The van der Waals surface area contributed by atoms with E-state index in [-0.39, 0.29) is 28.5 Å². The summed E-state index contributed by atoms with van der Waals surface area (Å²) in [6.07, 6.45) is -2.19. The number of nitrogens with zero attached hydrogens (tertiary/aromatic N) is 6. The lowest BCUT2D eigenvalue weighted by Gasteiger charge is -2.39. The van der Waals surface area contributed by atoms with E-state index in [0.717, 1.165) is 0 Å². The number of aryl methyl sites for hydroxylation is 1. The van der Waals surface area contributed by atoms with Gasteiger partial charge in [0.1, 0.15) is 11.9 Å². The quantitative estimate of drug-likeness (QED) is 0.253. The maximum atomic E-state index is 14.8. The van der Waals surface area contributed by atoms with Gasteiger partial charge in [-0.1, -0.05) is 12.1 Å². The number of hydrogen-bond acceptors (Lipinski definition) is 10. The molecule has 0 bridgehead atoms. The molecular formula is C31H33F3N8O4. The number of rotatable bonds is 8. The number of nitrogens with one attached hydrogen (secondary N) is 1. The fourth-order valence-electron chi connectivity index (χ4n) is 6.13. The van der Waals surface area contributed by atoms with Crippen molar-refractivity contribution in [3.05, 3.63) is 66.1 Å². The van der Waals surface area contributed by atoms with E-state index in [1.807, 2.05) is 4.90 Å². The lowest BCUT2D eigenvalue weighted by atomic mass is 9.76. The van der Waals surface area contributed by atoms with Gasteiger partial charge in [0.2, 0.25) is 23.8 Å². The van der Waals surface area contributed by atoms with E-state index >= 15 is 0 Å². The van der Waals surface area contributed by atoms with Gasteiger partial charge >= 0.3 is 12.1 Å². The van der Waals surface area contributed by atoms with Crippen LogP contribution in [0.2, 0.25) is 0 Å². The summed E-state index contributed by atoms with van der Waals surface area (Å²) in [5.74, 6) is -0.688. The number of carboxylic acid groups (broad SMARTS) is 1. The third-order valence-corrected chi connectivity index (χ3v) is 8.61. The van der Waals surface area contributed by atoms with E-state index in [2.05, 4.69) is 25.4 Å². The molecule has 5 heterocycles. The fourth-order valence-corrected chi connectivity index (χ4v) is 6.13. The number of anilines is 2. The van der Waals surface area contributed by atoms with Gasteiger partial charge in [-0.25, -0.2) is 9.67 Å². The average Bonchev–Trinajstić information content (AvgIpc) is 3.66. The molecule has 12 nitrogen and oxygen atoms in total. The Balaban J connectivity index is 1.30. The topological polar surface area (TPSA) is 154 Å². The predicted molar refractivity (Wildman–Crippen MR) is 162 cm³/mol. The van der Waals surface area contributed by atoms with Crippen molar-refractivity contribution in [1.82, 2.24) is 30.0 Å². The summed E-state index contributed by atoms with van der Waals surface area (Å²) in [5.41, 5.74) is 7.71. The molecule has 2 aliphatic heterocycles. The van der Waals surface area contributed by atoms with Crippen LogP contribution in [-0.2, 0) is 4.79 Å². The van der Waals surface area contributed by atoms with E-state index in [4.69, 9.17) is 15.2 Å². The Morgan fingerprint density at radius 1 is 1.11 bits per heavy atom. The van der Waals surface area contributed by atoms with Gasteiger partial charge in [0.05, 0.1) is 18.5 Å². The molecule has 0 aliphatic carbocycles. The normalized spacial score (nSPS) is 18.5. The molecule has 0 saturated carbocycles. The van der Waals surface area contributed by atoms with Crippen LogP contribution in [0.1, 0.15) is 36.6 Å². The summed E-state index contributed by atoms with van der Waals surface area (Å²) in [4.78, 5) is 25.8. The SMILES string of the molecule is COc1ccc(-c2ccc(C(Oc3cc(N4CCC5(CC4)CN[C@H](C(=O)O)C5)nc(N)n3)C(F)(F)F)c(-n3ccc(C)n3)c2)cn1. The Morgan fingerprint density at radius 2 is 1.87 bits per heavy atom. The van der Waals surface area contributed by atoms with Crippen LogP contribution in [0.3, 0.4) is 0 Å². The number of pyridine rings is 1. The van der Waals surface area contributed by atoms with Crippen LogP contribution < -0.4 is 25.4 Å². The van der Waals surface area contributed by atoms with Crippen molar-refractivity contribution in [3.8, 4) is 28.6 Å². The molecule has 242 valence electrons. The number of nitrogen functional groups attached to an aromatic ring is 1. The van der Waals surface area contributed by atoms with Crippen LogP contribution in [0, 0.1) is 12.3 Å². The molecule has 6 rings (SSSR count). The number of hydrogen-bond donors (Lipinski definition) is 3. The Kier molecular flexibility index (Phi) is 8.19. The highest BCUT2D eigenvalue weighted by atomic mass is 19.4. The maximum absolute atomic E-state index is 14.8. The predicted octanol–water partition coefficient (Wildman–Crippen LogP) is 4.34. The minimum absolute atomic E-state index is 0.159. The van der Waals surface area contributed by atoms with Crippen molar-refractivity contribution < 1.29 is 32.5 Å². The molecule has 15 heteroatoms. The van der Waals surface area contributed by atoms with Gasteiger partial charge < -0.3 is 30.5 Å². The summed E-state index contributed by atoms with van der Waals surface area (Å²) in [5, 5.41) is 16.8. The molecule has 0 amide bonds. The van der Waals surface area contributed by atoms with Gasteiger partial charge in [-0.15, -0.1) is 0 Å². The minimum atomic E-state index is -4.84. The van der Waals surface area contributed by atoms with Crippen molar-refractivity contribution in [2.75, 3.05) is 37.4 Å². The van der Waals surface area contributed by atoms with Gasteiger partial charge in [-0.05, 0) is 55.4 Å². The molecule has 1 spiro atoms. The molecule has 2 saturated heterocycles. The molecule has 4 N–H and O–H groups in total. The van der Waals surface area contributed by atoms with Crippen LogP contribution in [0.15, 0.2) is 54.9 Å². The zero-order valence-corrected chi connectivity index (χ0v) is 25.2. The molecule has 4 aromatic rings. The van der Waals surface area contributed by atoms with E-state index in [1.54, 1.807) is 49.6 Å². The second-order valence-electron chi connectivity index (χ2n) is 11.7. The average molecular weight is 639 g/mol. The smallest absolute Gasteiger partial charge is 0.429 e. The maximum Gasteiger partial charge on any atom is 0.429 e. The summed E-state index contributed by atoms with van der Waals surface area (Å²) in [6.45, 7) is 3.39. The molecule has 1 aromatic carbocycles. The number of aromatic nitrogens is 5. The number of halogens is 3. The van der Waals surface area contributed by atoms with Gasteiger partial charge in [0, 0.05) is 55.3 Å². The van der Waals surface area contributed by atoms with Gasteiger partial charge in [0.15, 0.2) is 0 Å². The fraction of sp³-hybridized carbons (Fsp3) is 0.387. The lowest BCUT2D eigenvalue weighted by molar-refractivity contribution is -0.198. The van der Waals surface area contributed by atoms with Crippen molar-refractivity contribution in [2.45, 2.75) is 44.5 Å². The van der Waals surface area contributed by atoms with Crippen LogP contribution in [-0.4, -0.2) is 74.8 Å². The molecule has 2 atom stereocenters. The standard InChI is InChI=1S/C31H33F3N8O4/c1-18-7-10-42(40-18)23-13-19(20-4-6-25(45-2)36-16-20)3-5-21(23)27(31(32,33)34)46-26-14-24(38-29(35)39-26)41-11-8-30(9-12-41)15-22(28(43)44)37-17-30/h3-7,10,13-14,16,22,27,37H,8-9,11-12,15,17H2,1-2H3,(H,43,44)(H2,35,38,39)/t22-,27?/m0/s1. The van der Waals surface area contributed by atoms with Crippen molar-refractivity contribution in [2.24, 2.45) is 5.41 Å². The number of piperidine rings is 1. The largest absolute Gasteiger partial charge is 0.481 e. The van der Waals surface area contributed by atoms with E-state index in [1.165, 1.54) is 23.9 Å². The summed E-state index contributed by atoms with van der Waals surface area (Å²) in [7, 11) is 1.49. The summed E-state index contributed by atoms with van der Waals surface area (Å²) >= 11 is 0. The number of benzene rings is 1. The van der Waals surface area contributed by atoms with Gasteiger partial charge in [-0.3, -0.25) is 4.79 Å². The number of alkyl halides is 3. The Labute approximate surface area is 262 Å². The van der Waals surface area contributed by atoms with Crippen LogP contribution in [0.4, 0.5) is 24.9 Å². The van der Waals surface area contributed by atoms with Gasteiger partial charge in [-0.2, -0.15) is 28.2 Å². The number of carboxylic acids is 1. The van der Waals surface area contributed by atoms with Crippen molar-refractivity contribution >= 4 is 17.7 Å². The third-order valence-electron chi connectivity index (χ3n) is 8.61. The first-order valence-electron chi connectivity index (χ1n) is 14.7. The zero-order valence-electron chi connectivity index (χ0n) is 25.2. The summed E-state index contributed by atoms with van der Waals surface area (Å²) < 4.78 is 56.5. The van der Waals surface area contributed by atoms with Crippen LogP contribution in [0.25, 0.3) is 16.8 Å². The Bertz CT molecular complexity index is 1720.